The summed E-state index contributed by atoms with van der Waals surface area (Å²) in [7, 11) is 0. The van der Waals surface area contributed by atoms with Crippen molar-refractivity contribution in [2.75, 3.05) is 25.6 Å². The summed E-state index contributed by atoms with van der Waals surface area (Å²) in [5, 5.41) is 0. The smallest absolute Gasteiger partial charge is 0.330 e. The maximum atomic E-state index is 13.4. The molecular formula is C19H17FO4S. The van der Waals surface area contributed by atoms with E-state index in [-0.39, 0.29) is 12.4 Å². The molecule has 0 unspecified atom stereocenters. The summed E-state index contributed by atoms with van der Waals surface area (Å²) in [4.78, 5) is 12.3. The van der Waals surface area contributed by atoms with Gasteiger partial charge in [-0.05, 0) is 35.9 Å². The molecule has 6 heteroatoms. The molecule has 1 aliphatic rings. The van der Waals surface area contributed by atoms with E-state index in [0.29, 0.717) is 35.4 Å². The van der Waals surface area contributed by atoms with Gasteiger partial charge in [0.25, 0.3) is 0 Å². The van der Waals surface area contributed by atoms with Crippen LogP contribution in [0.2, 0.25) is 0 Å². The predicted molar refractivity (Wildman–Crippen MR) is 94.5 cm³/mol. The van der Waals surface area contributed by atoms with Gasteiger partial charge in [-0.15, -0.1) is 11.8 Å². The quantitative estimate of drug-likeness (QED) is 0.338. The van der Waals surface area contributed by atoms with E-state index in [2.05, 4.69) is 0 Å². The number of ether oxygens (including phenoxy) is 3. The topological polar surface area (TPSA) is 44.8 Å². The number of hydrogen-bond donors (Lipinski definition) is 0. The van der Waals surface area contributed by atoms with Gasteiger partial charge in [0.2, 0.25) is 0 Å². The molecule has 4 nitrogen and oxygen atoms in total. The standard InChI is InChI=1S/C19H17FO4S/c20-15-3-1-2-4-18(15)25-12-11-24-19(21)8-6-14-5-7-16-17(13-14)23-10-9-22-16/h1-8,13H,9-12H2/b8-6+. The number of fused-ring (bicyclic) bond motifs is 1. The lowest BCUT2D eigenvalue weighted by molar-refractivity contribution is -0.137. The molecule has 0 radical (unpaired) electrons. The Morgan fingerprint density at radius 3 is 2.80 bits per heavy atom. The maximum Gasteiger partial charge on any atom is 0.330 e. The number of rotatable bonds is 6. The van der Waals surface area contributed by atoms with Crippen LogP contribution in [-0.2, 0) is 9.53 Å². The zero-order chi connectivity index (χ0) is 17.5. The molecule has 0 saturated carbocycles. The van der Waals surface area contributed by atoms with E-state index in [4.69, 9.17) is 14.2 Å². The minimum Gasteiger partial charge on any atom is -0.486 e. The van der Waals surface area contributed by atoms with Gasteiger partial charge < -0.3 is 14.2 Å². The average Bonchev–Trinajstić information content (AvgIpc) is 2.64. The first-order valence-corrected chi connectivity index (χ1v) is 8.83. The second kappa shape index (κ2) is 8.58. The number of halogens is 1. The molecule has 1 heterocycles. The lowest BCUT2D eigenvalue weighted by atomic mass is 10.2. The van der Waals surface area contributed by atoms with Crippen LogP contribution in [0.1, 0.15) is 5.56 Å². The number of thioether (sulfide) groups is 1. The van der Waals surface area contributed by atoms with Crippen molar-refractivity contribution in [2.45, 2.75) is 4.90 Å². The molecule has 25 heavy (non-hydrogen) atoms. The number of hydrogen-bond acceptors (Lipinski definition) is 5. The van der Waals surface area contributed by atoms with E-state index >= 15 is 0 Å². The Labute approximate surface area is 149 Å². The molecule has 2 aromatic carbocycles. The fraction of sp³-hybridized carbons (Fsp3) is 0.211. The van der Waals surface area contributed by atoms with Crippen molar-refractivity contribution in [3.05, 3.63) is 59.9 Å². The predicted octanol–water partition coefficient (Wildman–Crippen LogP) is 3.95. The van der Waals surface area contributed by atoms with Crippen LogP contribution in [0, 0.1) is 5.82 Å². The van der Waals surface area contributed by atoms with Gasteiger partial charge in [-0.1, -0.05) is 18.2 Å². The van der Waals surface area contributed by atoms with E-state index in [1.807, 2.05) is 18.2 Å². The zero-order valence-electron chi connectivity index (χ0n) is 13.4. The van der Waals surface area contributed by atoms with Crippen molar-refractivity contribution in [3.63, 3.8) is 0 Å². The summed E-state index contributed by atoms with van der Waals surface area (Å²) in [5.74, 6) is 1.16. The van der Waals surface area contributed by atoms with Gasteiger partial charge in [-0.25, -0.2) is 9.18 Å². The Morgan fingerprint density at radius 2 is 1.96 bits per heavy atom. The summed E-state index contributed by atoms with van der Waals surface area (Å²) in [6.45, 7) is 1.27. The highest BCUT2D eigenvalue weighted by Crippen LogP contribution is 2.31. The Hall–Kier alpha value is -2.47. The van der Waals surface area contributed by atoms with Gasteiger partial charge in [0, 0.05) is 16.7 Å². The molecule has 0 saturated heterocycles. The van der Waals surface area contributed by atoms with Crippen LogP contribution in [-0.4, -0.2) is 31.5 Å². The van der Waals surface area contributed by atoms with Crippen molar-refractivity contribution in [1.82, 2.24) is 0 Å². The Balaban J connectivity index is 1.44. The molecule has 0 aromatic heterocycles. The molecular weight excluding hydrogens is 343 g/mol. The maximum absolute atomic E-state index is 13.4. The minimum atomic E-state index is -0.441. The SMILES string of the molecule is O=C(/C=C/c1ccc2c(c1)OCCO2)OCCSc1ccccc1F. The van der Waals surface area contributed by atoms with Gasteiger partial charge in [-0.3, -0.25) is 0 Å². The number of benzene rings is 2. The molecule has 3 rings (SSSR count). The molecule has 0 aliphatic carbocycles. The van der Waals surface area contributed by atoms with Crippen molar-refractivity contribution < 1.29 is 23.4 Å². The Bertz CT molecular complexity index is 776. The summed E-state index contributed by atoms with van der Waals surface area (Å²) in [6.07, 6.45) is 3.02. The molecule has 1 aliphatic heterocycles. The van der Waals surface area contributed by atoms with E-state index < -0.39 is 5.97 Å². The molecule has 0 amide bonds. The van der Waals surface area contributed by atoms with E-state index in [9.17, 15) is 9.18 Å². The molecule has 0 bridgehead atoms. The van der Waals surface area contributed by atoms with Crippen LogP contribution < -0.4 is 9.47 Å². The normalized spacial score (nSPS) is 13.0. The van der Waals surface area contributed by atoms with Crippen LogP contribution in [0.25, 0.3) is 6.08 Å². The van der Waals surface area contributed by atoms with Crippen molar-refractivity contribution in [3.8, 4) is 11.5 Å². The van der Waals surface area contributed by atoms with Gasteiger partial charge in [0.1, 0.15) is 25.6 Å². The van der Waals surface area contributed by atoms with Crippen LogP contribution in [0.15, 0.2) is 53.4 Å². The largest absolute Gasteiger partial charge is 0.486 e. The lowest BCUT2D eigenvalue weighted by Gasteiger charge is -2.18. The highest BCUT2D eigenvalue weighted by Gasteiger charge is 2.10. The monoisotopic (exact) mass is 360 g/mol. The van der Waals surface area contributed by atoms with Crippen LogP contribution >= 0.6 is 11.8 Å². The van der Waals surface area contributed by atoms with E-state index in [0.717, 1.165) is 5.56 Å². The van der Waals surface area contributed by atoms with Crippen molar-refractivity contribution in [2.24, 2.45) is 0 Å². The highest BCUT2D eigenvalue weighted by molar-refractivity contribution is 7.99. The third-order valence-electron chi connectivity index (χ3n) is 3.40. The van der Waals surface area contributed by atoms with Crippen molar-refractivity contribution in [1.29, 1.82) is 0 Å². The van der Waals surface area contributed by atoms with Crippen LogP contribution in [0.3, 0.4) is 0 Å². The summed E-state index contributed by atoms with van der Waals surface area (Å²) in [6, 6.07) is 12.0. The van der Waals surface area contributed by atoms with Gasteiger partial charge in [0.15, 0.2) is 11.5 Å². The molecule has 0 N–H and O–H groups in total. The van der Waals surface area contributed by atoms with Crippen molar-refractivity contribution >= 4 is 23.8 Å². The van der Waals surface area contributed by atoms with E-state index in [1.165, 1.54) is 23.9 Å². The molecule has 2 aromatic rings. The second-order valence-electron chi connectivity index (χ2n) is 5.18. The lowest BCUT2D eigenvalue weighted by Crippen LogP contribution is -2.15. The summed E-state index contributed by atoms with van der Waals surface area (Å²) >= 11 is 1.31. The zero-order valence-corrected chi connectivity index (χ0v) is 14.3. The number of carbonyl (C=O) groups is 1. The summed E-state index contributed by atoms with van der Waals surface area (Å²) in [5.41, 5.74) is 0.821. The fourth-order valence-electron chi connectivity index (χ4n) is 2.23. The highest BCUT2D eigenvalue weighted by atomic mass is 32.2. The van der Waals surface area contributed by atoms with Gasteiger partial charge in [-0.2, -0.15) is 0 Å². The Morgan fingerprint density at radius 1 is 1.16 bits per heavy atom. The molecule has 0 spiro atoms. The van der Waals surface area contributed by atoms with Crippen LogP contribution in [0.4, 0.5) is 4.39 Å². The third kappa shape index (κ3) is 5.00. The summed E-state index contributed by atoms with van der Waals surface area (Å²) < 4.78 is 29.5. The first kappa shape index (κ1) is 17.4. The molecule has 0 fully saturated rings. The fourth-order valence-corrected chi connectivity index (χ4v) is 3.00. The second-order valence-corrected chi connectivity index (χ2v) is 6.32. The van der Waals surface area contributed by atoms with Gasteiger partial charge >= 0.3 is 5.97 Å². The third-order valence-corrected chi connectivity index (χ3v) is 4.41. The number of carbonyl (C=O) groups excluding carboxylic acids is 1. The minimum absolute atomic E-state index is 0.212. The van der Waals surface area contributed by atoms with Gasteiger partial charge in [0.05, 0.1) is 0 Å². The molecule has 0 atom stereocenters. The first-order chi connectivity index (χ1) is 12.2. The average molecular weight is 360 g/mol. The Kier molecular flexibility index (Phi) is 5.95. The van der Waals surface area contributed by atoms with Crippen LogP contribution in [0.5, 0.6) is 11.5 Å². The molecule has 130 valence electrons. The van der Waals surface area contributed by atoms with E-state index in [1.54, 1.807) is 24.3 Å². The first-order valence-electron chi connectivity index (χ1n) is 7.84. The number of esters is 1.